The second-order valence-electron chi connectivity index (χ2n) is 5.80. The second kappa shape index (κ2) is 5.72. The van der Waals surface area contributed by atoms with Crippen LogP contribution in [-0.4, -0.2) is 35.9 Å². The van der Waals surface area contributed by atoms with E-state index in [1.54, 1.807) is 0 Å². The third kappa shape index (κ3) is 2.71. The normalized spacial score (nSPS) is 16.2. The number of para-hydroxylation sites is 1. The monoisotopic (exact) mass is 283 g/mol. The van der Waals surface area contributed by atoms with E-state index in [2.05, 4.69) is 17.2 Å². The molecule has 21 heavy (non-hydrogen) atoms. The minimum atomic E-state index is 0.122. The summed E-state index contributed by atoms with van der Waals surface area (Å²) >= 11 is 0. The van der Waals surface area contributed by atoms with Gasteiger partial charge < -0.3 is 10.2 Å². The summed E-state index contributed by atoms with van der Waals surface area (Å²) in [7, 11) is 1.83. The lowest BCUT2D eigenvalue weighted by molar-refractivity contribution is 0.0699. The van der Waals surface area contributed by atoms with E-state index in [9.17, 15) is 4.79 Å². The van der Waals surface area contributed by atoms with Crippen LogP contribution in [0.25, 0.3) is 10.9 Å². The Morgan fingerprint density at radius 2 is 2.00 bits per heavy atom. The van der Waals surface area contributed by atoms with Gasteiger partial charge in [-0.3, -0.25) is 4.79 Å². The summed E-state index contributed by atoms with van der Waals surface area (Å²) < 4.78 is 0. The van der Waals surface area contributed by atoms with Gasteiger partial charge >= 0.3 is 0 Å². The Morgan fingerprint density at radius 1 is 1.29 bits per heavy atom. The Kier molecular flexibility index (Phi) is 3.78. The lowest BCUT2D eigenvalue weighted by Gasteiger charge is -2.30. The molecular formula is C17H21N3O. The fourth-order valence-electron chi connectivity index (χ4n) is 2.86. The van der Waals surface area contributed by atoms with Gasteiger partial charge in [-0.05, 0) is 30.9 Å². The third-order valence-electron chi connectivity index (χ3n) is 4.27. The van der Waals surface area contributed by atoms with Crippen molar-refractivity contribution in [2.24, 2.45) is 5.92 Å². The van der Waals surface area contributed by atoms with Crippen LogP contribution in [-0.2, 0) is 0 Å². The number of anilines is 1. The van der Waals surface area contributed by atoms with Crippen LogP contribution in [0.5, 0.6) is 0 Å². The zero-order valence-electron chi connectivity index (χ0n) is 12.6. The van der Waals surface area contributed by atoms with Crippen molar-refractivity contribution in [3.05, 3.63) is 35.9 Å². The molecule has 0 spiro atoms. The molecule has 110 valence electrons. The standard InChI is InChI=1S/C17H21N3O/c1-12-7-9-20(10-8-12)17(21)14-11-16(18-2)19-15-6-4-3-5-13(14)15/h3-6,11-12H,7-10H2,1-2H3,(H,18,19). The fraction of sp³-hybridized carbons (Fsp3) is 0.412. The molecule has 1 N–H and O–H groups in total. The maximum atomic E-state index is 12.9. The highest BCUT2D eigenvalue weighted by Crippen LogP contribution is 2.24. The smallest absolute Gasteiger partial charge is 0.254 e. The highest BCUT2D eigenvalue weighted by Gasteiger charge is 2.23. The molecule has 2 aromatic rings. The molecule has 3 rings (SSSR count). The van der Waals surface area contributed by atoms with Crippen LogP contribution < -0.4 is 5.32 Å². The Balaban J connectivity index is 2.00. The first-order valence-corrected chi connectivity index (χ1v) is 7.56. The summed E-state index contributed by atoms with van der Waals surface area (Å²) in [5.74, 6) is 1.58. The number of hydrogen-bond acceptors (Lipinski definition) is 3. The van der Waals surface area contributed by atoms with Gasteiger partial charge in [0.05, 0.1) is 11.1 Å². The summed E-state index contributed by atoms with van der Waals surface area (Å²) in [4.78, 5) is 19.3. The van der Waals surface area contributed by atoms with E-state index in [0.717, 1.165) is 54.1 Å². The molecule has 0 unspecified atom stereocenters. The van der Waals surface area contributed by atoms with Gasteiger partial charge in [0.25, 0.3) is 5.91 Å². The first-order valence-electron chi connectivity index (χ1n) is 7.56. The van der Waals surface area contributed by atoms with Crippen LogP contribution in [0.4, 0.5) is 5.82 Å². The number of piperidine rings is 1. The highest BCUT2D eigenvalue weighted by atomic mass is 16.2. The summed E-state index contributed by atoms with van der Waals surface area (Å²) in [6.45, 7) is 3.96. The molecule has 0 aliphatic carbocycles. The maximum absolute atomic E-state index is 12.9. The highest BCUT2D eigenvalue weighted by molar-refractivity contribution is 6.07. The Bertz CT molecular complexity index is 660. The average molecular weight is 283 g/mol. The number of amides is 1. The van der Waals surface area contributed by atoms with Crippen LogP contribution >= 0.6 is 0 Å². The first kappa shape index (κ1) is 13.9. The summed E-state index contributed by atoms with van der Waals surface area (Å²) in [5.41, 5.74) is 1.61. The summed E-state index contributed by atoms with van der Waals surface area (Å²) in [5, 5.41) is 3.97. The van der Waals surface area contributed by atoms with E-state index < -0.39 is 0 Å². The second-order valence-corrected chi connectivity index (χ2v) is 5.80. The van der Waals surface area contributed by atoms with Gasteiger partial charge in [0.2, 0.25) is 0 Å². The van der Waals surface area contributed by atoms with Crippen LogP contribution in [0.15, 0.2) is 30.3 Å². The number of likely N-dealkylation sites (tertiary alicyclic amines) is 1. The van der Waals surface area contributed by atoms with Crippen molar-refractivity contribution in [2.45, 2.75) is 19.8 Å². The number of nitrogens with zero attached hydrogens (tertiary/aromatic N) is 2. The minimum Gasteiger partial charge on any atom is -0.373 e. The predicted octanol–water partition coefficient (Wildman–Crippen LogP) is 3.15. The van der Waals surface area contributed by atoms with Gasteiger partial charge in [-0.25, -0.2) is 4.98 Å². The molecule has 0 atom stereocenters. The number of rotatable bonds is 2. The SMILES string of the molecule is CNc1cc(C(=O)N2CCC(C)CC2)c2ccccc2n1. The fourth-order valence-corrected chi connectivity index (χ4v) is 2.86. The van der Waals surface area contributed by atoms with Gasteiger partial charge in [0.1, 0.15) is 5.82 Å². The summed E-state index contributed by atoms with van der Waals surface area (Å²) in [6, 6.07) is 9.69. The van der Waals surface area contributed by atoms with Crippen molar-refractivity contribution in [3.63, 3.8) is 0 Å². The Hall–Kier alpha value is -2.10. The van der Waals surface area contributed by atoms with E-state index in [1.165, 1.54) is 0 Å². The lowest BCUT2D eigenvalue weighted by Crippen LogP contribution is -2.38. The molecule has 1 fully saturated rings. The van der Waals surface area contributed by atoms with Gasteiger partial charge in [0, 0.05) is 25.5 Å². The number of carbonyl (C=O) groups is 1. The van der Waals surface area contributed by atoms with Crippen molar-refractivity contribution in [1.29, 1.82) is 0 Å². The Labute approximate surface area is 125 Å². The number of benzene rings is 1. The topological polar surface area (TPSA) is 45.2 Å². The number of pyridine rings is 1. The van der Waals surface area contributed by atoms with Gasteiger partial charge in [-0.1, -0.05) is 25.1 Å². The van der Waals surface area contributed by atoms with Gasteiger partial charge in [-0.2, -0.15) is 0 Å². The molecule has 1 aliphatic rings. The molecule has 1 aliphatic heterocycles. The molecule has 1 aromatic heterocycles. The van der Waals surface area contributed by atoms with E-state index >= 15 is 0 Å². The number of hydrogen-bond donors (Lipinski definition) is 1. The van der Waals surface area contributed by atoms with E-state index in [0.29, 0.717) is 0 Å². The number of aromatic nitrogens is 1. The number of fused-ring (bicyclic) bond motifs is 1. The van der Waals surface area contributed by atoms with Crippen molar-refractivity contribution in [1.82, 2.24) is 9.88 Å². The zero-order chi connectivity index (χ0) is 14.8. The van der Waals surface area contributed by atoms with E-state index in [4.69, 9.17) is 0 Å². The van der Waals surface area contributed by atoms with Gasteiger partial charge in [-0.15, -0.1) is 0 Å². The van der Waals surface area contributed by atoms with Crippen molar-refractivity contribution in [3.8, 4) is 0 Å². The lowest BCUT2D eigenvalue weighted by atomic mass is 9.98. The quantitative estimate of drug-likeness (QED) is 0.921. The van der Waals surface area contributed by atoms with Crippen LogP contribution in [0.1, 0.15) is 30.1 Å². The molecule has 1 amide bonds. The van der Waals surface area contributed by atoms with E-state index in [-0.39, 0.29) is 5.91 Å². The molecule has 0 radical (unpaired) electrons. The maximum Gasteiger partial charge on any atom is 0.254 e. The molecule has 1 aromatic carbocycles. The van der Waals surface area contributed by atoms with Gasteiger partial charge in [0.15, 0.2) is 0 Å². The van der Waals surface area contributed by atoms with Crippen molar-refractivity contribution in [2.75, 3.05) is 25.5 Å². The molecule has 2 heterocycles. The molecule has 4 nitrogen and oxygen atoms in total. The number of nitrogens with one attached hydrogen (secondary N) is 1. The predicted molar refractivity (Wildman–Crippen MR) is 85.6 cm³/mol. The van der Waals surface area contributed by atoms with E-state index in [1.807, 2.05) is 42.3 Å². The zero-order valence-corrected chi connectivity index (χ0v) is 12.6. The van der Waals surface area contributed by atoms with Crippen LogP contribution in [0.2, 0.25) is 0 Å². The molecule has 1 saturated heterocycles. The van der Waals surface area contributed by atoms with Crippen molar-refractivity contribution >= 4 is 22.6 Å². The van der Waals surface area contributed by atoms with Crippen molar-refractivity contribution < 1.29 is 4.79 Å². The van der Waals surface area contributed by atoms with Crippen LogP contribution in [0.3, 0.4) is 0 Å². The molecule has 0 bridgehead atoms. The Morgan fingerprint density at radius 3 is 2.71 bits per heavy atom. The third-order valence-corrected chi connectivity index (χ3v) is 4.27. The van der Waals surface area contributed by atoms with Crippen LogP contribution in [0, 0.1) is 5.92 Å². The first-order chi connectivity index (χ1) is 10.2. The average Bonchev–Trinajstić information content (AvgIpc) is 2.53. The molecule has 4 heteroatoms. The number of carbonyl (C=O) groups excluding carboxylic acids is 1. The minimum absolute atomic E-state index is 0.122. The molecular weight excluding hydrogens is 262 g/mol. The molecule has 0 saturated carbocycles. The summed E-state index contributed by atoms with van der Waals surface area (Å²) in [6.07, 6.45) is 2.18. The largest absolute Gasteiger partial charge is 0.373 e.